The van der Waals surface area contributed by atoms with Crippen molar-refractivity contribution in [2.45, 2.75) is 39.5 Å². The van der Waals surface area contributed by atoms with Gasteiger partial charge in [-0.3, -0.25) is 14.5 Å². The molecule has 0 radical (unpaired) electrons. The van der Waals surface area contributed by atoms with E-state index >= 15 is 0 Å². The first-order valence-electron chi connectivity index (χ1n) is 11.5. The molecule has 0 spiro atoms. The minimum Gasteiger partial charge on any atom is -0.491 e. The highest BCUT2D eigenvalue weighted by atomic mass is 19.1. The SMILES string of the molecule is CO[C@@H]1CN(C)C(=O)c2cc(NC(C)=O)ccc2OC[C@@H](C)N(Cc2ccc(F)cc2)C[C@H]1C. The predicted molar refractivity (Wildman–Crippen MR) is 129 cm³/mol. The van der Waals surface area contributed by atoms with Crippen LogP contribution in [0.4, 0.5) is 10.1 Å². The summed E-state index contributed by atoms with van der Waals surface area (Å²) in [5.74, 6) is -0.0968. The molecule has 7 nitrogen and oxygen atoms in total. The Morgan fingerprint density at radius 2 is 1.88 bits per heavy atom. The van der Waals surface area contributed by atoms with Gasteiger partial charge in [0, 0.05) is 52.4 Å². The number of nitrogens with zero attached hydrogens (tertiary/aromatic N) is 2. The molecular formula is C26H34FN3O4. The Morgan fingerprint density at radius 1 is 1.18 bits per heavy atom. The van der Waals surface area contributed by atoms with E-state index in [-0.39, 0.29) is 35.7 Å². The quantitative estimate of drug-likeness (QED) is 0.735. The maximum atomic E-state index is 13.4. The monoisotopic (exact) mass is 471 g/mol. The van der Waals surface area contributed by atoms with Gasteiger partial charge in [-0.25, -0.2) is 4.39 Å². The number of carbonyl (C=O) groups excluding carboxylic acids is 2. The maximum Gasteiger partial charge on any atom is 0.257 e. The highest BCUT2D eigenvalue weighted by Gasteiger charge is 2.28. The van der Waals surface area contributed by atoms with E-state index in [2.05, 4.69) is 24.1 Å². The lowest BCUT2D eigenvalue weighted by Gasteiger charge is -2.36. The summed E-state index contributed by atoms with van der Waals surface area (Å²) in [7, 11) is 3.39. The molecule has 3 atom stereocenters. The van der Waals surface area contributed by atoms with Crippen LogP contribution in [0.3, 0.4) is 0 Å². The van der Waals surface area contributed by atoms with Gasteiger partial charge in [0.05, 0.1) is 11.7 Å². The van der Waals surface area contributed by atoms with E-state index in [0.29, 0.717) is 36.7 Å². The molecule has 8 heteroatoms. The first-order valence-corrected chi connectivity index (χ1v) is 11.5. The molecule has 1 aliphatic rings. The van der Waals surface area contributed by atoms with Gasteiger partial charge in [-0.1, -0.05) is 19.1 Å². The van der Waals surface area contributed by atoms with Gasteiger partial charge in [0.25, 0.3) is 5.91 Å². The van der Waals surface area contributed by atoms with Crippen LogP contribution in [0.15, 0.2) is 42.5 Å². The number of hydrogen-bond donors (Lipinski definition) is 1. The summed E-state index contributed by atoms with van der Waals surface area (Å²) >= 11 is 0. The number of likely N-dealkylation sites (N-methyl/N-ethyl adjacent to an activating group) is 1. The van der Waals surface area contributed by atoms with Crippen LogP contribution in [-0.4, -0.2) is 67.6 Å². The number of carbonyl (C=O) groups is 2. The average Bonchev–Trinajstić information content (AvgIpc) is 2.80. The smallest absolute Gasteiger partial charge is 0.257 e. The summed E-state index contributed by atoms with van der Waals surface area (Å²) in [6.07, 6.45) is -0.181. The Labute approximate surface area is 200 Å². The molecule has 0 bridgehead atoms. The van der Waals surface area contributed by atoms with E-state index in [1.807, 2.05) is 0 Å². The van der Waals surface area contributed by atoms with Crippen molar-refractivity contribution in [3.8, 4) is 5.75 Å². The molecule has 0 aliphatic carbocycles. The van der Waals surface area contributed by atoms with Crippen molar-refractivity contribution in [1.82, 2.24) is 9.80 Å². The second-order valence-electron chi connectivity index (χ2n) is 9.05. The van der Waals surface area contributed by atoms with Crippen LogP contribution in [0.25, 0.3) is 0 Å². The van der Waals surface area contributed by atoms with Crippen LogP contribution in [0.2, 0.25) is 0 Å². The zero-order chi connectivity index (χ0) is 24.8. The lowest BCUT2D eigenvalue weighted by Crippen LogP contribution is -2.46. The molecule has 34 heavy (non-hydrogen) atoms. The van der Waals surface area contributed by atoms with Gasteiger partial charge in [-0.05, 0) is 48.7 Å². The summed E-state index contributed by atoms with van der Waals surface area (Å²) in [4.78, 5) is 28.7. The molecule has 0 aromatic heterocycles. The van der Waals surface area contributed by atoms with Crippen molar-refractivity contribution < 1.29 is 23.5 Å². The molecule has 2 amide bonds. The van der Waals surface area contributed by atoms with Gasteiger partial charge < -0.3 is 19.7 Å². The third-order valence-electron chi connectivity index (χ3n) is 6.19. The van der Waals surface area contributed by atoms with Crippen molar-refractivity contribution in [2.24, 2.45) is 5.92 Å². The van der Waals surface area contributed by atoms with Gasteiger partial charge in [-0.15, -0.1) is 0 Å². The van der Waals surface area contributed by atoms with Crippen molar-refractivity contribution in [3.63, 3.8) is 0 Å². The van der Waals surface area contributed by atoms with Crippen molar-refractivity contribution in [2.75, 3.05) is 39.2 Å². The lowest BCUT2D eigenvalue weighted by atomic mass is 10.0. The van der Waals surface area contributed by atoms with Gasteiger partial charge >= 0.3 is 0 Å². The Balaban J connectivity index is 1.93. The molecule has 1 heterocycles. The number of fused-ring (bicyclic) bond motifs is 1. The third kappa shape index (κ3) is 6.55. The molecular weight excluding hydrogens is 437 g/mol. The minimum absolute atomic E-state index is 0.0140. The second kappa shape index (κ2) is 11.4. The highest BCUT2D eigenvalue weighted by molar-refractivity contribution is 5.99. The lowest BCUT2D eigenvalue weighted by molar-refractivity contribution is -0.114. The number of methoxy groups -OCH3 is 1. The van der Waals surface area contributed by atoms with Gasteiger partial charge in [0.1, 0.15) is 18.2 Å². The summed E-state index contributed by atoms with van der Waals surface area (Å²) in [5, 5.41) is 2.73. The van der Waals surface area contributed by atoms with Gasteiger partial charge in [-0.2, -0.15) is 0 Å². The number of rotatable bonds is 4. The van der Waals surface area contributed by atoms with E-state index < -0.39 is 0 Å². The van der Waals surface area contributed by atoms with Crippen LogP contribution in [0.5, 0.6) is 5.75 Å². The predicted octanol–water partition coefficient (Wildman–Crippen LogP) is 3.79. The molecule has 2 aromatic carbocycles. The summed E-state index contributed by atoms with van der Waals surface area (Å²) in [6.45, 7) is 7.71. The molecule has 1 aliphatic heterocycles. The summed E-state index contributed by atoms with van der Waals surface area (Å²) < 4.78 is 25.3. The minimum atomic E-state index is -0.260. The standard InChI is InChI=1S/C26H34FN3O4/c1-17-13-30(14-20-6-8-21(27)9-7-20)18(2)16-34-24-11-10-22(28-19(3)31)12-23(24)26(32)29(4)15-25(17)33-5/h6-12,17-18,25H,13-16H2,1-5H3,(H,28,31)/t17-,18-,25-/m1/s1. The zero-order valence-corrected chi connectivity index (χ0v) is 20.5. The number of halogens is 1. The third-order valence-corrected chi connectivity index (χ3v) is 6.19. The largest absolute Gasteiger partial charge is 0.491 e. The van der Waals surface area contributed by atoms with Crippen molar-refractivity contribution >= 4 is 17.5 Å². The van der Waals surface area contributed by atoms with E-state index in [1.165, 1.54) is 19.1 Å². The molecule has 0 unspecified atom stereocenters. The van der Waals surface area contributed by atoms with Crippen LogP contribution >= 0.6 is 0 Å². The number of anilines is 1. The number of benzene rings is 2. The number of nitrogens with one attached hydrogen (secondary N) is 1. The van der Waals surface area contributed by atoms with Crippen molar-refractivity contribution in [1.29, 1.82) is 0 Å². The van der Waals surface area contributed by atoms with Gasteiger partial charge in [0.2, 0.25) is 5.91 Å². The first-order chi connectivity index (χ1) is 16.2. The van der Waals surface area contributed by atoms with Crippen LogP contribution in [-0.2, 0) is 16.1 Å². The molecule has 0 saturated carbocycles. The topological polar surface area (TPSA) is 71.1 Å². The molecule has 2 aromatic rings. The Hall–Kier alpha value is -2.97. The Morgan fingerprint density at radius 3 is 2.53 bits per heavy atom. The molecule has 184 valence electrons. The number of hydrogen-bond acceptors (Lipinski definition) is 5. The molecule has 3 rings (SSSR count). The molecule has 1 N–H and O–H groups in total. The Kier molecular flexibility index (Phi) is 8.63. The van der Waals surface area contributed by atoms with Crippen LogP contribution < -0.4 is 10.1 Å². The van der Waals surface area contributed by atoms with E-state index in [9.17, 15) is 14.0 Å². The Bertz CT molecular complexity index is 998. The normalized spacial score (nSPS) is 22.2. The van der Waals surface area contributed by atoms with Gasteiger partial charge in [0.15, 0.2) is 0 Å². The molecule has 0 fully saturated rings. The first kappa shape index (κ1) is 25.6. The highest BCUT2D eigenvalue weighted by Crippen LogP contribution is 2.27. The van der Waals surface area contributed by atoms with Crippen LogP contribution in [0, 0.1) is 11.7 Å². The number of ether oxygens (including phenoxy) is 2. The van der Waals surface area contributed by atoms with Crippen LogP contribution in [0.1, 0.15) is 36.7 Å². The summed E-state index contributed by atoms with van der Waals surface area (Å²) in [5.41, 5.74) is 1.93. The summed E-state index contributed by atoms with van der Waals surface area (Å²) in [6, 6.07) is 11.6. The number of amides is 2. The van der Waals surface area contributed by atoms with E-state index in [0.717, 1.165) is 12.1 Å². The van der Waals surface area contributed by atoms with E-state index in [4.69, 9.17) is 9.47 Å². The average molecular weight is 472 g/mol. The fourth-order valence-corrected chi connectivity index (χ4v) is 4.18. The van der Waals surface area contributed by atoms with E-state index in [1.54, 1.807) is 49.4 Å². The maximum absolute atomic E-state index is 13.4. The second-order valence-corrected chi connectivity index (χ2v) is 9.05. The van der Waals surface area contributed by atoms with Crippen molar-refractivity contribution in [3.05, 3.63) is 59.4 Å². The fourth-order valence-electron chi connectivity index (χ4n) is 4.18. The fraction of sp³-hybridized carbons (Fsp3) is 0.462. The zero-order valence-electron chi connectivity index (χ0n) is 20.5. The molecule has 0 saturated heterocycles.